The number of nitrogens with one attached hydrogen (secondary N) is 2. The van der Waals surface area contributed by atoms with Gasteiger partial charge in [-0.05, 0) is 30.3 Å². The maximum Gasteiger partial charge on any atom is 0.266 e. The van der Waals surface area contributed by atoms with Crippen molar-refractivity contribution < 1.29 is 26.7 Å². The largest absolute Gasteiger partial charge is 0.493 e. The summed E-state index contributed by atoms with van der Waals surface area (Å²) in [6, 6.07) is 6.31. The smallest absolute Gasteiger partial charge is 0.266 e. The molecule has 0 spiro atoms. The Balaban J connectivity index is 1.46. The summed E-state index contributed by atoms with van der Waals surface area (Å²) in [5.74, 6) is -0.920. The molecule has 1 saturated heterocycles. The molecule has 0 atom stereocenters. The third-order valence-corrected chi connectivity index (χ3v) is 7.23. The second kappa shape index (κ2) is 9.41. The Morgan fingerprint density at radius 3 is 2.70 bits per heavy atom. The molecular formula is C21H20ClF2N3O4S2. The maximum absolute atomic E-state index is 14.6. The monoisotopic (exact) mass is 515 g/mol. The van der Waals surface area contributed by atoms with Crippen LogP contribution in [0.3, 0.4) is 0 Å². The molecule has 0 aliphatic carbocycles. The van der Waals surface area contributed by atoms with Crippen molar-refractivity contribution in [2.45, 2.75) is 18.4 Å². The van der Waals surface area contributed by atoms with E-state index in [1.165, 1.54) is 34.4 Å². The lowest BCUT2D eigenvalue weighted by molar-refractivity contribution is -0.120. The van der Waals surface area contributed by atoms with E-state index >= 15 is 0 Å². The summed E-state index contributed by atoms with van der Waals surface area (Å²) >= 11 is 7.37. The quantitative estimate of drug-likeness (QED) is 0.421. The number of rotatable bonds is 9. The Morgan fingerprint density at radius 2 is 2.03 bits per heavy atom. The molecule has 1 aliphatic rings. The molecule has 0 bridgehead atoms. The summed E-state index contributed by atoms with van der Waals surface area (Å²) in [4.78, 5) is 3.19. The van der Waals surface area contributed by atoms with E-state index in [0.29, 0.717) is 25.6 Å². The van der Waals surface area contributed by atoms with E-state index in [4.69, 9.17) is 21.1 Å². The number of sulfonamides is 1. The van der Waals surface area contributed by atoms with Crippen molar-refractivity contribution in [3.05, 3.63) is 63.4 Å². The highest BCUT2D eigenvalue weighted by molar-refractivity contribution is 7.92. The molecule has 176 valence electrons. The van der Waals surface area contributed by atoms with E-state index in [9.17, 15) is 17.2 Å². The predicted octanol–water partition coefficient (Wildman–Crippen LogP) is 4.90. The summed E-state index contributed by atoms with van der Waals surface area (Å²) in [6.07, 6.45) is 0. The van der Waals surface area contributed by atoms with Gasteiger partial charge >= 0.3 is 0 Å². The number of halogens is 3. The highest BCUT2D eigenvalue weighted by Crippen LogP contribution is 2.31. The number of aromatic nitrogens is 1. The molecule has 2 aromatic carbocycles. The van der Waals surface area contributed by atoms with E-state index in [-0.39, 0.29) is 34.1 Å². The Morgan fingerprint density at radius 1 is 1.24 bits per heavy atom. The van der Waals surface area contributed by atoms with Crippen LogP contribution in [-0.2, 0) is 21.3 Å². The van der Waals surface area contributed by atoms with E-state index < -0.39 is 26.6 Å². The minimum Gasteiger partial charge on any atom is -0.493 e. The lowest BCUT2D eigenvalue weighted by atomic mass is 9.90. The van der Waals surface area contributed by atoms with Crippen molar-refractivity contribution in [1.29, 1.82) is 0 Å². The van der Waals surface area contributed by atoms with Crippen molar-refractivity contribution in [3.8, 4) is 5.75 Å². The van der Waals surface area contributed by atoms with Crippen LogP contribution in [0.4, 0.5) is 20.3 Å². The van der Waals surface area contributed by atoms with Crippen molar-refractivity contribution >= 4 is 44.5 Å². The summed E-state index contributed by atoms with van der Waals surface area (Å²) in [6.45, 7) is 3.67. The highest BCUT2D eigenvalue weighted by Gasteiger charge is 2.34. The van der Waals surface area contributed by atoms with Gasteiger partial charge < -0.3 is 14.8 Å². The summed E-state index contributed by atoms with van der Waals surface area (Å²) in [5, 5.41) is 4.27. The van der Waals surface area contributed by atoms with Gasteiger partial charge in [0.1, 0.15) is 22.3 Å². The Kier molecular flexibility index (Phi) is 6.76. The average molecular weight is 516 g/mol. The van der Waals surface area contributed by atoms with E-state index in [1.54, 1.807) is 6.07 Å². The summed E-state index contributed by atoms with van der Waals surface area (Å²) in [7, 11) is -4.23. The van der Waals surface area contributed by atoms with Crippen molar-refractivity contribution in [2.24, 2.45) is 5.41 Å². The minimum atomic E-state index is -4.23. The van der Waals surface area contributed by atoms with Gasteiger partial charge in [-0.2, -0.15) is 0 Å². The summed E-state index contributed by atoms with van der Waals surface area (Å²) in [5.41, 5.74) is 1.77. The molecule has 12 heteroatoms. The SMILES string of the molecule is CC1(COc2ccc(F)c(CNc3cc(F)c(S(=O)(=O)Nc4cscn4)cc3Cl)c2)COC1. The van der Waals surface area contributed by atoms with Gasteiger partial charge in [0.15, 0.2) is 5.82 Å². The third-order valence-electron chi connectivity index (χ3n) is 4.96. The number of hydrogen-bond acceptors (Lipinski definition) is 7. The molecule has 1 fully saturated rings. The fraction of sp³-hybridized carbons (Fsp3) is 0.286. The predicted molar refractivity (Wildman–Crippen MR) is 122 cm³/mol. The fourth-order valence-electron chi connectivity index (χ4n) is 3.08. The second-order valence-electron chi connectivity index (χ2n) is 7.94. The number of thiazole rings is 1. The molecule has 3 aromatic rings. The maximum atomic E-state index is 14.6. The highest BCUT2D eigenvalue weighted by atomic mass is 35.5. The Bertz CT molecular complexity index is 1250. The van der Waals surface area contributed by atoms with Crippen LogP contribution in [0.15, 0.2) is 46.1 Å². The van der Waals surface area contributed by atoms with Gasteiger partial charge in [-0.1, -0.05) is 18.5 Å². The molecule has 4 rings (SSSR count). The van der Waals surface area contributed by atoms with Crippen molar-refractivity contribution in [1.82, 2.24) is 4.98 Å². The van der Waals surface area contributed by atoms with Crippen molar-refractivity contribution in [2.75, 3.05) is 29.9 Å². The Hall–Kier alpha value is -2.47. The number of hydrogen-bond donors (Lipinski definition) is 2. The van der Waals surface area contributed by atoms with Crippen LogP contribution < -0.4 is 14.8 Å². The number of anilines is 2. The number of nitrogens with zero attached hydrogens (tertiary/aromatic N) is 1. The molecule has 7 nitrogen and oxygen atoms in total. The van der Waals surface area contributed by atoms with Gasteiger partial charge in [-0.3, -0.25) is 4.72 Å². The van der Waals surface area contributed by atoms with Gasteiger partial charge in [0.05, 0.1) is 36.0 Å². The topological polar surface area (TPSA) is 89.5 Å². The van der Waals surface area contributed by atoms with Crippen molar-refractivity contribution in [3.63, 3.8) is 0 Å². The molecule has 0 unspecified atom stereocenters. The fourth-order valence-corrected chi connectivity index (χ4v) is 5.02. The van der Waals surface area contributed by atoms with Gasteiger partial charge in [-0.25, -0.2) is 22.2 Å². The van der Waals surface area contributed by atoms with Crippen LogP contribution in [0.25, 0.3) is 0 Å². The molecule has 33 heavy (non-hydrogen) atoms. The van der Waals surface area contributed by atoms with Gasteiger partial charge in [0, 0.05) is 22.9 Å². The van der Waals surface area contributed by atoms with Gasteiger partial charge in [0.2, 0.25) is 0 Å². The van der Waals surface area contributed by atoms with E-state index in [0.717, 1.165) is 12.1 Å². The van der Waals surface area contributed by atoms with Crippen LogP contribution in [0.5, 0.6) is 5.75 Å². The molecule has 2 heterocycles. The van der Waals surface area contributed by atoms with Crippen LogP contribution in [-0.4, -0.2) is 33.2 Å². The lowest BCUT2D eigenvalue weighted by Crippen LogP contribution is -2.44. The molecule has 0 radical (unpaired) electrons. The number of benzene rings is 2. The average Bonchev–Trinajstić information content (AvgIpc) is 3.24. The second-order valence-corrected chi connectivity index (χ2v) is 10.7. The zero-order chi connectivity index (χ0) is 23.6. The third kappa shape index (κ3) is 5.55. The first-order valence-electron chi connectivity index (χ1n) is 9.78. The number of ether oxygens (including phenoxy) is 2. The van der Waals surface area contributed by atoms with E-state index in [2.05, 4.69) is 15.0 Å². The summed E-state index contributed by atoms with van der Waals surface area (Å²) < 4.78 is 67.0. The lowest BCUT2D eigenvalue weighted by Gasteiger charge is -2.37. The minimum absolute atomic E-state index is 0.0221. The zero-order valence-corrected chi connectivity index (χ0v) is 19.8. The normalized spacial score (nSPS) is 15.0. The molecule has 1 aromatic heterocycles. The molecule has 2 N–H and O–H groups in total. The van der Waals surface area contributed by atoms with Crippen LogP contribution in [0.2, 0.25) is 5.02 Å². The zero-order valence-electron chi connectivity index (χ0n) is 17.4. The molecular weight excluding hydrogens is 496 g/mol. The molecule has 0 saturated carbocycles. The van der Waals surface area contributed by atoms with Gasteiger partial charge in [-0.15, -0.1) is 11.3 Å². The van der Waals surface area contributed by atoms with E-state index in [1.807, 2.05) is 6.92 Å². The standard InChI is InChI=1S/C21H20ClF2N3O4S2/c1-21(9-30-10-21)11-31-14-2-3-16(23)13(4-14)7-25-18-6-17(24)19(5-15(18)22)33(28,29)27-20-8-32-12-26-20/h2-6,8,12,25,27H,7,9-11H2,1H3. The first-order valence-corrected chi connectivity index (χ1v) is 12.6. The molecule has 1 aliphatic heterocycles. The van der Waals surface area contributed by atoms with Crippen LogP contribution >= 0.6 is 22.9 Å². The first-order chi connectivity index (χ1) is 15.7. The van der Waals surface area contributed by atoms with Crippen LogP contribution in [0, 0.1) is 17.0 Å². The van der Waals surface area contributed by atoms with Gasteiger partial charge in [0.25, 0.3) is 10.0 Å². The molecule has 0 amide bonds. The first kappa shape index (κ1) is 23.7. The Labute approximate surface area is 198 Å². The van der Waals surface area contributed by atoms with Crippen LogP contribution in [0.1, 0.15) is 12.5 Å².